The molecule has 0 aliphatic heterocycles. The van der Waals surface area contributed by atoms with Gasteiger partial charge >= 0.3 is 0 Å². The molecule has 0 saturated carbocycles. The zero-order valence-electron chi connectivity index (χ0n) is 9.47. The first kappa shape index (κ1) is 11.7. The smallest absolute Gasteiger partial charge is 0.146 e. The number of nitrogens with zero attached hydrogens (tertiary/aromatic N) is 1. The first-order valence-corrected chi connectivity index (χ1v) is 7.14. The number of halogens is 1. The van der Waals surface area contributed by atoms with Crippen molar-refractivity contribution in [3.05, 3.63) is 57.3 Å². The Morgan fingerprint density at radius 2 is 2.00 bits per heavy atom. The van der Waals surface area contributed by atoms with E-state index >= 15 is 0 Å². The van der Waals surface area contributed by atoms with Crippen LogP contribution in [0.4, 0.5) is 0 Å². The van der Waals surface area contributed by atoms with Gasteiger partial charge in [0.05, 0.1) is 3.79 Å². The molecule has 0 saturated heterocycles. The molecular weight excluding hydrogens is 310 g/mol. The van der Waals surface area contributed by atoms with Crippen LogP contribution in [0.2, 0.25) is 0 Å². The Labute approximate surface area is 117 Å². The summed E-state index contributed by atoms with van der Waals surface area (Å²) in [6, 6.07) is 14.1. The molecule has 4 heteroatoms. The average Bonchev–Trinajstić information content (AvgIpc) is 2.82. The van der Waals surface area contributed by atoms with Gasteiger partial charge in [0.1, 0.15) is 17.9 Å². The highest BCUT2D eigenvalue weighted by molar-refractivity contribution is 9.11. The van der Waals surface area contributed by atoms with Crippen molar-refractivity contribution in [3.8, 4) is 5.75 Å². The number of pyridine rings is 1. The first-order valence-electron chi connectivity index (χ1n) is 5.54. The average molecular weight is 320 g/mol. The van der Waals surface area contributed by atoms with E-state index in [0.29, 0.717) is 6.61 Å². The van der Waals surface area contributed by atoms with Gasteiger partial charge < -0.3 is 4.74 Å². The van der Waals surface area contributed by atoms with Gasteiger partial charge in [0.15, 0.2) is 0 Å². The van der Waals surface area contributed by atoms with Crippen LogP contribution in [-0.2, 0) is 6.61 Å². The molecule has 0 radical (unpaired) electrons. The molecule has 2 heterocycles. The van der Waals surface area contributed by atoms with Gasteiger partial charge in [-0.15, -0.1) is 11.3 Å². The Kier molecular flexibility index (Phi) is 3.30. The second kappa shape index (κ2) is 5.08. The molecule has 0 atom stereocenters. The minimum Gasteiger partial charge on any atom is -0.486 e. The molecule has 1 aromatic carbocycles. The fourth-order valence-corrected chi connectivity index (χ4v) is 3.17. The van der Waals surface area contributed by atoms with Crippen molar-refractivity contribution in [1.29, 1.82) is 0 Å². The van der Waals surface area contributed by atoms with Crippen LogP contribution in [0.3, 0.4) is 0 Å². The summed E-state index contributed by atoms with van der Waals surface area (Å²) in [4.78, 5) is 5.56. The predicted molar refractivity (Wildman–Crippen MR) is 78.1 cm³/mol. The fourth-order valence-electron chi connectivity index (χ4n) is 1.77. The Morgan fingerprint density at radius 3 is 2.83 bits per heavy atom. The van der Waals surface area contributed by atoms with E-state index in [-0.39, 0.29) is 0 Å². The summed E-state index contributed by atoms with van der Waals surface area (Å²) in [7, 11) is 0. The van der Waals surface area contributed by atoms with Crippen molar-refractivity contribution >= 4 is 38.2 Å². The molecule has 3 aromatic rings. The lowest BCUT2D eigenvalue weighted by molar-refractivity contribution is 0.313. The van der Waals surface area contributed by atoms with Gasteiger partial charge in [0, 0.05) is 16.5 Å². The standard InChI is InChI=1S/C14H10BrNOS/c15-13-7-6-11(18-13)9-17-12-5-1-3-10-4-2-8-16-14(10)12/h1-8H,9H2. The molecule has 0 aliphatic rings. The maximum atomic E-state index is 5.85. The third-order valence-electron chi connectivity index (χ3n) is 2.59. The van der Waals surface area contributed by atoms with E-state index in [0.717, 1.165) is 20.4 Å². The molecule has 0 bridgehead atoms. The molecule has 0 amide bonds. The van der Waals surface area contributed by atoms with E-state index in [1.165, 1.54) is 4.88 Å². The summed E-state index contributed by atoms with van der Waals surface area (Å²) in [6.07, 6.45) is 1.79. The van der Waals surface area contributed by atoms with Crippen molar-refractivity contribution in [2.24, 2.45) is 0 Å². The normalized spacial score (nSPS) is 10.7. The third-order valence-corrected chi connectivity index (χ3v) is 4.19. The maximum absolute atomic E-state index is 5.85. The maximum Gasteiger partial charge on any atom is 0.146 e. The first-order chi connectivity index (χ1) is 8.83. The van der Waals surface area contributed by atoms with Crippen molar-refractivity contribution < 1.29 is 4.74 Å². The minimum atomic E-state index is 0.575. The SMILES string of the molecule is Brc1ccc(COc2cccc3cccnc23)s1. The Hall–Kier alpha value is -1.39. The molecule has 0 aliphatic carbocycles. The zero-order chi connectivity index (χ0) is 12.4. The van der Waals surface area contributed by atoms with Gasteiger partial charge in [-0.3, -0.25) is 4.98 Å². The number of hydrogen-bond donors (Lipinski definition) is 0. The summed E-state index contributed by atoms with van der Waals surface area (Å²) in [6.45, 7) is 0.575. The number of thiophene rings is 1. The number of aromatic nitrogens is 1. The summed E-state index contributed by atoms with van der Waals surface area (Å²) < 4.78 is 6.97. The number of ether oxygens (including phenoxy) is 1. The third kappa shape index (κ3) is 2.40. The molecule has 0 spiro atoms. The largest absolute Gasteiger partial charge is 0.486 e. The van der Waals surface area contributed by atoms with E-state index < -0.39 is 0 Å². The van der Waals surface area contributed by atoms with E-state index in [2.05, 4.69) is 27.0 Å². The topological polar surface area (TPSA) is 22.1 Å². The van der Waals surface area contributed by atoms with Crippen LogP contribution >= 0.6 is 27.3 Å². The minimum absolute atomic E-state index is 0.575. The monoisotopic (exact) mass is 319 g/mol. The van der Waals surface area contributed by atoms with Crippen LogP contribution in [0.5, 0.6) is 5.75 Å². The number of hydrogen-bond acceptors (Lipinski definition) is 3. The molecule has 18 heavy (non-hydrogen) atoms. The molecule has 2 aromatic heterocycles. The Balaban J connectivity index is 1.86. The Bertz CT molecular complexity index is 675. The van der Waals surface area contributed by atoms with E-state index in [4.69, 9.17) is 4.74 Å². The van der Waals surface area contributed by atoms with Gasteiger partial charge in [-0.2, -0.15) is 0 Å². The van der Waals surface area contributed by atoms with E-state index in [1.54, 1.807) is 17.5 Å². The van der Waals surface area contributed by atoms with Crippen molar-refractivity contribution in [3.63, 3.8) is 0 Å². The lowest BCUT2D eigenvalue weighted by Crippen LogP contribution is -1.94. The molecule has 0 N–H and O–H groups in total. The fraction of sp³-hybridized carbons (Fsp3) is 0.0714. The molecule has 0 fully saturated rings. The highest BCUT2D eigenvalue weighted by atomic mass is 79.9. The van der Waals surface area contributed by atoms with Crippen LogP contribution in [0.1, 0.15) is 4.88 Å². The number of para-hydroxylation sites is 1. The second-order valence-electron chi connectivity index (χ2n) is 3.83. The zero-order valence-corrected chi connectivity index (χ0v) is 11.9. The molecule has 0 unspecified atom stereocenters. The number of benzene rings is 1. The number of rotatable bonds is 3. The summed E-state index contributed by atoms with van der Waals surface area (Å²) in [5.41, 5.74) is 0.913. The molecule has 90 valence electrons. The lowest BCUT2D eigenvalue weighted by Gasteiger charge is -2.07. The molecular formula is C14H10BrNOS. The lowest BCUT2D eigenvalue weighted by atomic mass is 10.2. The Morgan fingerprint density at radius 1 is 1.11 bits per heavy atom. The van der Waals surface area contributed by atoms with Crippen LogP contribution in [0, 0.1) is 0 Å². The van der Waals surface area contributed by atoms with Crippen LogP contribution in [-0.4, -0.2) is 4.98 Å². The summed E-state index contributed by atoms with van der Waals surface area (Å²) >= 11 is 5.13. The van der Waals surface area contributed by atoms with Gasteiger partial charge in [-0.25, -0.2) is 0 Å². The van der Waals surface area contributed by atoms with Crippen LogP contribution in [0.15, 0.2) is 52.4 Å². The van der Waals surface area contributed by atoms with E-state index in [1.807, 2.05) is 36.4 Å². The second-order valence-corrected chi connectivity index (χ2v) is 6.37. The van der Waals surface area contributed by atoms with Crippen LogP contribution < -0.4 is 4.74 Å². The quantitative estimate of drug-likeness (QED) is 0.701. The highest BCUT2D eigenvalue weighted by Gasteiger charge is 2.04. The van der Waals surface area contributed by atoms with Gasteiger partial charge in [-0.05, 0) is 40.2 Å². The van der Waals surface area contributed by atoms with Gasteiger partial charge in [0.2, 0.25) is 0 Å². The number of fused-ring (bicyclic) bond motifs is 1. The van der Waals surface area contributed by atoms with Crippen molar-refractivity contribution in [2.75, 3.05) is 0 Å². The van der Waals surface area contributed by atoms with Crippen molar-refractivity contribution in [1.82, 2.24) is 4.98 Å². The highest BCUT2D eigenvalue weighted by Crippen LogP contribution is 2.26. The van der Waals surface area contributed by atoms with Crippen molar-refractivity contribution in [2.45, 2.75) is 6.61 Å². The molecule has 2 nitrogen and oxygen atoms in total. The molecule has 3 rings (SSSR count). The van der Waals surface area contributed by atoms with Gasteiger partial charge in [0.25, 0.3) is 0 Å². The van der Waals surface area contributed by atoms with Gasteiger partial charge in [-0.1, -0.05) is 18.2 Å². The predicted octanol–water partition coefficient (Wildman–Crippen LogP) is 4.64. The summed E-state index contributed by atoms with van der Waals surface area (Å²) in [5.74, 6) is 0.831. The van der Waals surface area contributed by atoms with Crippen LogP contribution in [0.25, 0.3) is 10.9 Å². The summed E-state index contributed by atoms with van der Waals surface area (Å²) in [5, 5.41) is 1.10. The van der Waals surface area contributed by atoms with E-state index in [9.17, 15) is 0 Å².